The average molecular weight is 1050 g/mol. The molecule has 2 aliphatic carbocycles. The number of fused-ring (bicyclic) bond motifs is 4. The summed E-state index contributed by atoms with van der Waals surface area (Å²) >= 11 is 13.2. The van der Waals surface area contributed by atoms with Gasteiger partial charge in [0, 0.05) is 72.8 Å². The van der Waals surface area contributed by atoms with Gasteiger partial charge in [-0.1, -0.05) is 78.9 Å². The van der Waals surface area contributed by atoms with Gasteiger partial charge in [0.15, 0.2) is 0 Å². The molecule has 386 valence electrons. The molecule has 0 bridgehead atoms. The second kappa shape index (κ2) is 19.4. The van der Waals surface area contributed by atoms with E-state index in [1.807, 2.05) is 29.2 Å². The van der Waals surface area contributed by atoms with Gasteiger partial charge < -0.3 is 15.1 Å². The molecular weight excluding hydrogens is 991 g/mol. The molecule has 5 fully saturated rings. The summed E-state index contributed by atoms with van der Waals surface area (Å²) in [5, 5.41) is 21.2. The van der Waals surface area contributed by atoms with E-state index in [4.69, 9.17) is 23.2 Å². The van der Waals surface area contributed by atoms with Crippen molar-refractivity contribution in [3.63, 3.8) is 0 Å². The lowest BCUT2D eigenvalue weighted by Gasteiger charge is -2.47. The zero-order valence-electron chi connectivity index (χ0n) is 40.9. The van der Waals surface area contributed by atoms with Crippen LogP contribution in [0.25, 0.3) is 11.0 Å². The number of hydrogen-bond donors (Lipinski definition) is 3. The Balaban J connectivity index is 0.803. The summed E-state index contributed by atoms with van der Waals surface area (Å²) in [5.74, 6) is -3.23. The molecule has 2 saturated carbocycles. The number of rotatable bonds is 9. The number of aromatic nitrogens is 2. The molecule has 4 atom stereocenters. The first-order chi connectivity index (χ1) is 35.6. The fraction of sp³-hybridized carbons (Fsp3) is 0.455. The highest BCUT2D eigenvalue weighted by molar-refractivity contribution is 6.31. The highest BCUT2D eigenvalue weighted by atomic mass is 35.5. The summed E-state index contributed by atoms with van der Waals surface area (Å²) in [6.45, 7) is 1.20. The lowest BCUT2D eigenvalue weighted by molar-refractivity contribution is -0.384. The number of benzene rings is 4. The lowest BCUT2D eigenvalue weighted by Crippen LogP contribution is -2.61. The maximum absolute atomic E-state index is 16.8. The van der Waals surface area contributed by atoms with Crippen LogP contribution in [0, 0.1) is 21.8 Å². The minimum absolute atomic E-state index is 0.0495. The van der Waals surface area contributed by atoms with E-state index in [9.17, 15) is 29.3 Å². The molecule has 3 saturated heterocycles. The minimum atomic E-state index is -1.49. The summed E-state index contributed by atoms with van der Waals surface area (Å²) < 4.78 is 19.9. The minimum Gasteiger partial charge on any atom is -0.352 e. The van der Waals surface area contributed by atoms with Crippen LogP contribution in [0.2, 0.25) is 10.0 Å². The van der Waals surface area contributed by atoms with Crippen LogP contribution in [-0.2, 0) is 43.0 Å². The molecule has 0 radical (unpaired) electrons. The van der Waals surface area contributed by atoms with Gasteiger partial charge in [-0.15, -0.1) is 0 Å². The molecule has 1 unspecified atom stereocenters. The summed E-state index contributed by atoms with van der Waals surface area (Å²) in [7, 11) is 1.68. The Morgan fingerprint density at radius 1 is 0.865 bits per heavy atom. The number of halogens is 3. The molecule has 3 N–H and O–H groups in total. The van der Waals surface area contributed by atoms with Crippen LogP contribution in [0.5, 0.6) is 0 Å². The van der Waals surface area contributed by atoms with E-state index < -0.39 is 45.6 Å². The highest BCUT2D eigenvalue weighted by Crippen LogP contribution is 2.64. The van der Waals surface area contributed by atoms with Crippen molar-refractivity contribution >= 4 is 75.1 Å². The second-order valence-corrected chi connectivity index (χ2v) is 22.1. The van der Waals surface area contributed by atoms with Crippen LogP contribution in [0.3, 0.4) is 0 Å². The van der Waals surface area contributed by atoms with Gasteiger partial charge in [0.1, 0.15) is 17.3 Å². The van der Waals surface area contributed by atoms with E-state index >= 15 is 14.0 Å². The molecule has 1 aromatic heterocycles. The largest absolute Gasteiger partial charge is 0.352 e. The van der Waals surface area contributed by atoms with E-state index in [0.29, 0.717) is 84.5 Å². The Labute approximate surface area is 436 Å². The molecule has 5 heterocycles. The Morgan fingerprint density at radius 2 is 1.59 bits per heavy atom. The van der Waals surface area contributed by atoms with E-state index in [2.05, 4.69) is 16.0 Å². The highest BCUT2D eigenvalue weighted by Gasteiger charge is 2.73. The number of nitrogens with zero attached hydrogens (tertiary/aromatic N) is 5. The first kappa shape index (κ1) is 49.8. The zero-order valence-corrected chi connectivity index (χ0v) is 42.4. The third-order valence-electron chi connectivity index (χ3n) is 17.4. The monoisotopic (exact) mass is 1050 g/mol. The Bertz CT molecular complexity index is 3190. The first-order valence-electron chi connectivity index (χ1n) is 25.8. The number of piperidine rings is 2. The number of nitro benzene ring substituents is 1. The second-order valence-electron chi connectivity index (χ2n) is 21.3. The normalized spacial score (nSPS) is 25.9. The van der Waals surface area contributed by atoms with Crippen molar-refractivity contribution in [3.8, 4) is 0 Å². The van der Waals surface area contributed by atoms with Gasteiger partial charge >= 0.3 is 5.69 Å². The standard InChI is InChI=1S/C55H57Cl2FN8O8/c1-62-44-28-34(12-19-41(44)65(53(62)72)42-20-21-45(67)60-49(42)68)32-22-26-63(27-23-32)51(70)33-10-14-36(15-11-33)59-50(69)48-46(38-6-5-7-40(57)47(38)58)55(54(61-48)24-3-2-4-25-54)39-18-13-35(56)29-43(39)64(52(55)71)30-31-8-16-37(17-9-31)66(73)74/h5-9,12-13,16-19,28-29,32-33,36,42,46,48,61H,2-4,10-11,14-15,20-27,30H2,1H3,(H,59,69)(H,60,67,68)/t33?,36?,42?,46-,48+,55+/m0/s1. The number of nitrogens with one attached hydrogen (secondary N) is 3. The lowest BCUT2D eigenvalue weighted by atomic mass is 9.55. The van der Waals surface area contributed by atoms with E-state index in [1.165, 1.54) is 22.8 Å². The number of likely N-dealkylation sites (tertiary alicyclic amines) is 1. The summed E-state index contributed by atoms with van der Waals surface area (Å²) in [6.07, 6.45) is 7.68. The number of nitro groups is 1. The zero-order chi connectivity index (χ0) is 51.8. The van der Waals surface area contributed by atoms with Crippen molar-refractivity contribution in [3.05, 3.63) is 138 Å². The van der Waals surface area contributed by atoms with E-state index in [-0.39, 0.29) is 82.9 Å². The molecular formula is C55H57Cl2FN8O8. The number of imide groups is 1. The number of aryl methyl sites for hydroxylation is 1. The van der Waals surface area contributed by atoms with Gasteiger partial charge in [-0.25, -0.2) is 9.18 Å². The summed E-state index contributed by atoms with van der Waals surface area (Å²) in [5.41, 5.74) is 1.45. The number of non-ortho nitro benzene ring substituents is 1. The van der Waals surface area contributed by atoms with Gasteiger partial charge in [0.05, 0.1) is 33.6 Å². The molecule has 6 aliphatic rings. The van der Waals surface area contributed by atoms with Gasteiger partial charge in [-0.3, -0.25) is 53.9 Å². The Hall–Kier alpha value is -6.43. The summed E-state index contributed by atoms with van der Waals surface area (Å²) in [6, 6.07) is 19.8. The molecule has 5 aromatic rings. The van der Waals surface area contributed by atoms with Crippen LogP contribution < -0.4 is 26.5 Å². The molecule has 11 rings (SSSR count). The topological polar surface area (TPSA) is 198 Å². The van der Waals surface area contributed by atoms with Crippen LogP contribution in [-0.4, -0.2) is 79.2 Å². The van der Waals surface area contributed by atoms with Crippen LogP contribution in [0.15, 0.2) is 83.7 Å². The van der Waals surface area contributed by atoms with E-state index in [0.717, 1.165) is 37.7 Å². The van der Waals surface area contributed by atoms with E-state index in [1.54, 1.807) is 52.9 Å². The number of hydrogen-bond acceptors (Lipinski definition) is 9. The fourth-order valence-corrected chi connectivity index (χ4v) is 14.1. The average Bonchev–Trinajstić information content (AvgIpc) is 4.00. The SMILES string of the molecule is Cn1c(=O)n(C2CCC(=O)NC2=O)c2ccc(C3CCN(C(=O)C4CCC(NC(=O)[C@@H]5NC6(CCCCC6)[C@@]6(C(=O)N(Cc7ccc([N+](=O)[O-])cc7)c7cc(Cl)ccc76)[C@H]5c5cccc(Cl)c5F)CC4)CC3)cc21. The van der Waals surface area contributed by atoms with Gasteiger partial charge in [-0.2, -0.15) is 0 Å². The third-order valence-corrected chi connectivity index (χ3v) is 17.9. The predicted octanol–water partition coefficient (Wildman–Crippen LogP) is 8.00. The van der Waals surface area contributed by atoms with Crippen molar-refractivity contribution in [1.29, 1.82) is 0 Å². The fourth-order valence-electron chi connectivity index (χ4n) is 13.8. The number of carbonyl (C=O) groups excluding carboxylic acids is 5. The Morgan fingerprint density at radius 3 is 2.30 bits per heavy atom. The number of carbonyl (C=O) groups is 5. The van der Waals surface area contributed by atoms with Crippen molar-refractivity contribution in [2.24, 2.45) is 13.0 Å². The number of imidazole rings is 1. The van der Waals surface area contributed by atoms with Gasteiger partial charge in [0.2, 0.25) is 29.5 Å². The third kappa shape index (κ3) is 8.20. The molecule has 16 nitrogen and oxygen atoms in total. The van der Waals surface area contributed by atoms with Crippen molar-refractivity contribution < 1.29 is 33.3 Å². The maximum Gasteiger partial charge on any atom is 0.329 e. The van der Waals surface area contributed by atoms with Crippen molar-refractivity contribution in [2.75, 3.05) is 18.0 Å². The quantitative estimate of drug-likeness (QED) is 0.0744. The van der Waals surface area contributed by atoms with Gasteiger partial charge in [0.25, 0.3) is 5.69 Å². The Kier molecular flexibility index (Phi) is 13.0. The van der Waals surface area contributed by atoms with Gasteiger partial charge in [-0.05, 0) is 116 Å². The molecule has 74 heavy (non-hydrogen) atoms. The van der Waals surface area contributed by atoms with Crippen LogP contribution in [0.1, 0.15) is 124 Å². The van der Waals surface area contributed by atoms with Crippen LogP contribution >= 0.6 is 23.2 Å². The summed E-state index contributed by atoms with van der Waals surface area (Å²) in [4.78, 5) is 97.7. The molecule has 19 heteroatoms. The maximum atomic E-state index is 16.8. The number of amides is 5. The van der Waals surface area contributed by atoms with Crippen molar-refractivity contribution in [1.82, 2.24) is 30.0 Å². The molecule has 2 spiro atoms. The predicted molar refractivity (Wildman–Crippen MR) is 275 cm³/mol. The molecule has 5 amide bonds. The van der Waals surface area contributed by atoms with Crippen LogP contribution in [0.4, 0.5) is 15.8 Å². The first-order valence-corrected chi connectivity index (χ1v) is 26.6. The molecule has 4 aliphatic heterocycles. The molecule has 4 aromatic carbocycles. The smallest absolute Gasteiger partial charge is 0.329 e. The van der Waals surface area contributed by atoms with Crippen molar-refractivity contribution in [2.45, 2.75) is 131 Å². The number of anilines is 1.